The van der Waals surface area contributed by atoms with Crippen molar-refractivity contribution in [3.63, 3.8) is 0 Å². The first-order chi connectivity index (χ1) is 12.8. The van der Waals surface area contributed by atoms with E-state index in [4.69, 9.17) is 0 Å². The molecule has 1 aliphatic rings. The average molecular weight is 369 g/mol. The third kappa shape index (κ3) is 2.61. The smallest absolute Gasteiger partial charge is 0.363 e. The number of aliphatic hydroxyl groups is 1. The quantitative estimate of drug-likeness (QED) is 0.719. The molecule has 0 aliphatic carbocycles. The van der Waals surface area contributed by atoms with Crippen LogP contribution in [0.25, 0.3) is 0 Å². The van der Waals surface area contributed by atoms with E-state index in [0.717, 1.165) is 12.1 Å². The topological polar surface area (TPSA) is 40.5 Å². The lowest BCUT2D eigenvalue weighted by Crippen LogP contribution is -2.45. The molecule has 1 aliphatic heterocycles. The van der Waals surface area contributed by atoms with Gasteiger partial charge < -0.3 is 5.11 Å². The van der Waals surface area contributed by atoms with Crippen molar-refractivity contribution in [1.29, 1.82) is 0 Å². The first-order valence-corrected chi connectivity index (χ1v) is 8.22. The van der Waals surface area contributed by atoms with Crippen LogP contribution in [0.5, 0.6) is 0 Å². The van der Waals surface area contributed by atoms with Gasteiger partial charge >= 0.3 is 6.18 Å². The van der Waals surface area contributed by atoms with Gasteiger partial charge in [0, 0.05) is 22.4 Å². The SMILES string of the molecule is O=C1c2ccccc2C(O)(c2ccc(C(F)(F)F)cc2)N1c1ccccc1. The van der Waals surface area contributed by atoms with Crippen LogP contribution in [0.2, 0.25) is 0 Å². The van der Waals surface area contributed by atoms with Crippen LogP contribution in [0, 0.1) is 0 Å². The zero-order valence-electron chi connectivity index (χ0n) is 13.9. The van der Waals surface area contributed by atoms with Crippen LogP contribution >= 0.6 is 0 Å². The zero-order chi connectivity index (χ0) is 19.2. The molecule has 3 nitrogen and oxygen atoms in total. The Kier molecular flexibility index (Phi) is 3.82. The van der Waals surface area contributed by atoms with Gasteiger partial charge in [0.15, 0.2) is 5.72 Å². The molecule has 0 saturated heterocycles. The predicted octanol–water partition coefficient (Wildman–Crippen LogP) is 4.56. The summed E-state index contributed by atoms with van der Waals surface area (Å²) in [5.41, 5.74) is -1.46. The van der Waals surface area contributed by atoms with Crippen LogP contribution in [0.1, 0.15) is 27.0 Å². The Hall–Kier alpha value is -3.12. The fourth-order valence-corrected chi connectivity index (χ4v) is 3.42. The summed E-state index contributed by atoms with van der Waals surface area (Å²) in [5, 5.41) is 11.6. The van der Waals surface area contributed by atoms with Crippen molar-refractivity contribution < 1.29 is 23.1 Å². The molecular weight excluding hydrogens is 355 g/mol. The van der Waals surface area contributed by atoms with Gasteiger partial charge in [-0.05, 0) is 30.3 Å². The van der Waals surface area contributed by atoms with E-state index in [2.05, 4.69) is 0 Å². The van der Waals surface area contributed by atoms with Gasteiger partial charge in [0.2, 0.25) is 0 Å². The number of anilines is 1. The van der Waals surface area contributed by atoms with E-state index in [9.17, 15) is 23.1 Å². The van der Waals surface area contributed by atoms with Crippen molar-refractivity contribution in [1.82, 2.24) is 0 Å². The number of hydrogen-bond acceptors (Lipinski definition) is 2. The minimum absolute atomic E-state index is 0.178. The van der Waals surface area contributed by atoms with Crippen LogP contribution in [-0.2, 0) is 11.9 Å². The lowest BCUT2D eigenvalue weighted by molar-refractivity contribution is -0.137. The monoisotopic (exact) mass is 369 g/mol. The van der Waals surface area contributed by atoms with E-state index in [-0.39, 0.29) is 5.56 Å². The second-order valence-corrected chi connectivity index (χ2v) is 6.27. The van der Waals surface area contributed by atoms with Gasteiger partial charge in [-0.2, -0.15) is 13.2 Å². The highest BCUT2D eigenvalue weighted by atomic mass is 19.4. The van der Waals surface area contributed by atoms with E-state index in [0.29, 0.717) is 16.8 Å². The van der Waals surface area contributed by atoms with Gasteiger partial charge in [0.25, 0.3) is 5.91 Å². The maximum absolute atomic E-state index is 13.0. The molecule has 0 fully saturated rings. The van der Waals surface area contributed by atoms with E-state index in [1.54, 1.807) is 54.6 Å². The highest BCUT2D eigenvalue weighted by Crippen LogP contribution is 2.45. The molecule has 1 amide bonds. The minimum Gasteiger partial charge on any atom is -0.363 e. The summed E-state index contributed by atoms with van der Waals surface area (Å²) in [6.07, 6.45) is -4.48. The Morgan fingerprint density at radius 1 is 0.815 bits per heavy atom. The van der Waals surface area contributed by atoms with Crippen LogP contribution in [0.3, 0.4) is 0 Å². The fraction of sp³-hybridized carbons (Fsp3) is 0.0952. The molecule has 0 aromatic heterocycles. The number of fused-ring (bicyclic) bond motifs is 1. The second-order valence-electron chi connectivity index (χ2n) is 6.27. The van der Waals surface area contributed by atoms with Gasteiger partial charge in [-0.3, -0.25) is 9.69 Å². The molecule has 0 saturated carbocycles. The minimum atomic E-state index is -4.48. The Morgan fingerprint density at radius 2 is 1.41 bits per heavy atom. The normalized spacial score (nSPS) is 19.3. The lowest BCUT2D eigenvalue weighted by atomic mass is 9.93. The van der Waals surface area contributed by atoms with E-state index in [1.165, 1.54) is 17.0 Å². The summed E-state index contributed by atoms with van der Waals surface area (Å²) >= 11 is 0. The molecule has 1 N–H and O–H groups in total. The highest BCUT2D eigenvalue weighted by Gasteiger charge is 2.50. The summed E-state index contributed by atoms with van der Waals surface area (Å²) in [4.78, 5) is 14.2. The Morgan fingerprint density at radius 3 is 2.04 bits per heavy atom. The van der Waals surface area contributed by atoms with Gasteiger partial charge in [-0.1, -0.05) is 48.5 Å². The van der Waals surface area contributed by atoms with Crippen molar-refractivity contribution >= 4 is 11.6 Å². The first-order valence-electron chi connectivity index (χ1n) is 8.22. The number of carbonyl (C=O) groups is 1. The maximum atomic E-state index is 13.0. The summed E-state index contributed by atoms with van der Waals surface area (Å²) in [7, 11) is 0. The van der Waals surface area contributed by atoms with Crippen LogP contribution < -0.4 is 4.90 Å². The van der Waals surface area contributed by atoms with Gasteiger partial charge in [0.1, 0.15) is 0 Å². The zero-order valence-corrected chi connectivity index (χ0v) is 13.9. The van der Waals surface area contributed by atoms with Crippen LogP contribution in [0.15, 0.2) is 78.9 Å². The number of nitrogens with zero attached hydrogens (tertiary/aromatic N) is 1. The number of para-hydroxylation sites is 1. The van der Waals surface area contributed by atoms with Crippen molar-refractivity contribution in [3.8, 4) is 0 Å². The Balaban J connectivity index is 1.92. The van der Waals surface area contributed by atoms with Crippen molar-refractivity contribution in [2.75, 3.05) is 4.90 Å². The third-order valence-corrected chi connectivity index (χ3v) is 4.69. The predicted molar refractivity (Wildman–Crippen MR) is 94.1 cm³/mol. The van der Waals surface area contributed by atoms with Gasteiger partial charge in [0.05, 0.1) is 5.56 Å². The number of halogens is 3. The Labute approximate surface area is 153 Å². The van der Waals surface area contributed by atoms with Crippen LogP contribution in [0.4, 0.5) is 18.9 Å². The van der Waals surface area contributed by atoms with Crippen molar-refractivity contribution in [3.05, 3.63) is 101 Å². The summed E-state index contributed by atoms with van der Waals surface area (Å²) < 4.78 is 38.7. The molecule has 3 aromatic carbocycles. The average Bonchev–Trinajstić information content (AvgIpc) is 2.91. The second kappa shape index (κ2) is 5.96. The van der Waals surface area contributed by atoms with E-state index >= 15 is 0 Å². The molecule has 27 heavy (non-hydrogen) atoms. The third-order valence-electron chi connectivity index (χ3n) is 4.69. The maximum Gasteiger partial charge on any atom is 0.416 e. The molecule has 0 spiro atoms. The molecule has 136 valence electrons. The first kappa shape index (κ1) is 17.3. The standard InChI is InChI=1S/C21H14F3NO2/c22-21(23,24)15-12-10-14(11-13-15)20(27)18-9-5-4-8-17(18)19(26)25(20)16-6-2-1-3-7-16/h1-13,27H. The Bertz CT molecular complexity index is 1000. The molecule has 1 heterocycles. The largest absolute Gasteiger partial charge is 0.416 e. The number of rotatable bonds is 2. The molecule has 6 heteroatoms. The fourth-order valence-electron chi connectivity index (χ4n) is 3.42. The molecule has 4 rings (SSSR count). The van der Waals surface area contributed by atoms with E-state index < -0.39 is 23.4 Å². The number of alkyl halides is 3. The lowest BCUT2D eigenvalue weighted by Gasteiger charge is -2.35. The molecule has 1 unspecified atom stereocenters. The molecule has 0 bridgehead atoms. The number of amides is 1. The molecule has 0 radical (unpaired) electrons. The molecule has 1 atom stereocenters. The van der Waals surface area contributed by atoms with E-state index in [1.807, 2.05) is 0 Å². The summed E-state index contributed by atoms with van der Waals surface area (Å²) in [6, 6.07) is 19.3. The number of benzene rings is 3. The molecular formula is C21H14F3NO2. The summed E-state index contributed by atoms with van der Waals surface area (Å²) in [6.45, 7) is 0. The van der Waals surface area contributed by atoms with Crippen molar-refractivity contribution in [2.24, 2.45) is 0 Å². The summed E-state index contributed by atoms with van der Waals surface area (Å²) in [5.74, 6) is -0.417. The van der Waals surface area contributed by atoms with Crippen molar-refractivity contribution in [2.45, 2.75) is 11.9 Å². The highest BCUT2D eigenvalue weighted by molar-refractivity contribution is 6.12. The van der Waals surface area contributed by atoms with Crippen LogP contribution in [-0.4, -0.2) is 11.0 Å². The molecule has 3 aromatic rings. The van der Waals surface area contributed by atoms with Gasteiger partial charge in [-0.15, -0.1) is 0 Å². The van der Waals surface area contributed by atoms with Gasteiger partial charge in [-0.25, -0.2) is 0 Å². The number of carbonyl (C=O) groups excluding carboxylic acids is 1. The number of hydrogen-bond donors (Lipinski definition) is 1.